The number of cyclic esters (lactones) is 1. The van der Waals surface area contributed by atoms with Crippen molar-refractivity contribution in [1.29, 1.82) is 0 Å². The van der Waals surface area contributed by atoms with Crippen LogP contribution in [0.2, 0.25) is 0 Å². The highest BCUT2D eigenvalue weighted by atomic mass is 16.5. The summed E-state index contributed by atoms with van der Waals surface area (Å²) >= 11 is 0. The van der Waals surface area contributed by atoms with Crippen LogP contribution in [0.5, 0.6) is 0 Å². The van der Waals surface area contributed by atoms with E-state index in [1.807, 2.05) is 0 Å². The van der Waals surface area contributed by atoms with Gasteiger partial charge in [0.25, 0.3) is 0 Å². The molecule has 0 spiro atoms. The van der Waals surface area contributed by atoms with Crippen LogP contribution in [-0.4, -0.2) is 5.97 Å². The Hall–Kier alpha value is -1.23. The Morgan fingerprint density at radius 2 is 2.54 bits per heavy atom. The van der Waals surface area contributed by atoms with Crippen molar-refractivity contribution in [2.75, 3.05) is 0 Å². The van der Waals surface area contributed by atoms with Crippen LogP contribution in [0, 0.1) is 18.3 Å². The van der Waals surface area contributed by atoms with Gasteiger partial charge in [-0.1, -0.05) is 25.7 Å². The lowest BCUT2D eigenvalue weighted by atomic mass is 10.00. The minimum Gasteiger partial charge on any atom is -0.430 e. The second-order valence-electron chi connectivity index (χ2n) is 3.24. The van der Waals surface area contributed by atoms with Crippen LogP contribution in [0.3, 0.4) is 0 Å². The smallest absolute Gasteiger partial charge is 0.314 e. The van der Waals surface area contributed by atoms with Crippen LogP contribution < -0.4 is 0 Å². The average Bonchev–Trinajstić information content (AvgIpc) is 2.44. The molecule has 1 fully saturated rings. The molecule has 2 nitrogen and oxygen atoms in total. The Balaban J connectivity index is 2.48. The summed E-state index contributed by atoms with van der Waals surface area (Å²) < 4.78 is 4.99. The summed E-state index contributed by atoms with van der Waals surface area (Å²) in [7, 11) is 0. The van der Waals surface area contributed by atoms with Crippen LogP contribution in [0.4, 0.5) is 0 Å². The summed E-state index contributed by atoms with van der Waals surface area (Å²) in [5.41, 5.74) is 0. The molecule has 1 aliphatic rings. The van der Waals surface area contributed by atoms with Gasteiger partial charge in [-0.3, -0.25) is 4.79 Å². The first-order valence-corrected chi connectivity index (χ1v) is 4.64. The van der Waals surface area contributed by atoms with Crippen LogP contribution in [-0.2, 0) is 9.53 Å². The SMILES string of the molecule is C#C/C=C1\CC(CCCC)C(=O)O1. The predicted octanol–water partition coefficient (Wildman–Crippen LogP) is 2.26. The maximum atomic E-state index is 11.2. The lowest BCUT2D eigenvalue weighted by Gasteiger charge is -2.00. The van der Waals surface area contributed by atoms with Crippen LogP contribution in [0.1, 0.15) is 32.6 Å². The number of allylic oxidation sites excluding steroid dienone is 2. The molecule has 1 saturated heterocycles. The van der Waals surface area contributed by atoms with Gasteiger partial charge in [-0.25, -0.2) is 0 Å². The van der Waals surface area contributed by atoms with Crippen LogP contribution in [0.15, 0.2) is 11.8 Å². The zero-order valence-electron chi connectivity index (χ0n) is 7.88. The quantitative estimate of drug-likeness (QED) is 0.489. The molecule has 2 heteroatoms. The predicted molar refractivity (Wildman–Crippen MR) is 50.6 cm³/mol. The number of carbonyl (C=O) groups is 1. The lowest BCUT2D eigenvalue weighted by molar-refractivity contribution is -0.139. The zero-order valence-corrected chi connectivity index (χ0v) is 7.88. The second-order valence-corrected chi connectivity index (χ2v) is 3.24. The molecule has 1 unspecified atom stereocenters. The van der Waals surface area contributed by atoms with Gasteiger partial charge in [0, 0.05) is 12.5 Å². The molecular weight excluding hydrogens is 164 g/mol. The summed E-state index contributed by atoms with van der Waals surface area (Å²) in [5, 5.41) is 0. The summed E-state index contributed by atoms with van der Waals surface area (Å²) in [6.07, 6.45) is 10.4. The Morgan fingerprint density at radius 1 is 1.77 bits per heavy atom. The number of hydrogen-bond acceptors (Lipinski definition) is 2. The van der Waals surface area contributed by atoms with Crippen molar-refractivity contribution in [3.05, 3.63) is 11.8 Å². The highest BCUT2D eigenvalue weighted by molar-refractivity contribution is 5.76. The molecule has 1 heterocycles. The van der Waals surface area contributed by atoms with Gasteiger partial charge in [0.1, 0.15) is 5.76 Å². The molecule has 0 aromatic carbocycles. The van der Waals surface area contributed by atoms with E-state index in [0.29, 0.717) is 12.2 Å². The largest absolute Gasteiger partial charge is 0.430 e. The monoisotopic (exact) mass is 178 g/mol. The van der Waals surface area contributed by atoms with Crippen molar-refractivity contribution < 1.29 is 9.53 Å². The molecular formula is C11H14O2. The van der Waals surface area contributed by atoms with Gasteiger partial charge in [-0.15, -0.1) is 6.42 Å². The van der Waals surface area contributed by atoms with E-state index in [0.717, 1.165) is 19.3 Å². The van der Waals surface area contributed by atoms with Crippen molar-refractivity contribution in [1.82, 2.24) is 0 Å². The van der Waals surface area contributed by atoms with E-state index in [2.05, 4.69) is 12.8 Å². The first-order valence-electron chi connectivity index (χ1n) is 4.64. The molecule has 0 N–H and O–H groups in total. The van der Waals surface area contributed by atoms with Crippen LogP contribution in [0.25, 0.3) is 0 Å². The summed E-state index contributed by atoms with van der Waals surface area (Å²) in [4.78, 5) is 11.2. The molecule has 0 saturated carbocycles. The maximum Gasteiger partial charge on any atom is 0.314 e. The zero-order chi connectivity index (χ0) is 9.68. The minimum absolute atomic E-state index is 0.0412. The van der Waals surface area contributed by atoms with Crippen molar-refractivity contribution in [2.45, 2.75) is 32.6 Å². The Morgan fingerprint density at radius 3 is 3.15 bits per heavy atom. The summed E-state index contributed by atoms with van der Waals surface area (Å²) in [6, 6.07) is 0. The van der Waals surface area contributed by atoms with Crippen molar-refractivity contribution in [3.8, 4) is 12.3 Å². The Kier molecular flexibility index (Phi) is 3.57. The molecule has 70 valence electrons. The topological polar surface area (TPSA) is 26.3 Å². The first kappa shape index (κ1) is 9.85. The number of hydrogen-bond donors (Lipinski definition) is 0. The van der Waals surface area contributed by atoms with Gasteiger partial charge in [0.2, 0.25) is 0 Å². The van der Waals surface area contributed by atoms with E-state index >= 15 is 0 Å². The molecule has 1 rings (SSSR count). The standard InChI is InChI=1S/C11H14O2/c1-3-5-7-9-8-10(6-4-2)13-11(9)12/h2,6,9H,3,5,7-8H2,1H3/b10-6+. The summed E-state index contributed by atoms with van der Waals surface area (Å²) in [6.45, 7) is 2.11. The normalized spacial score (nSPS) is 24.5. The lowest BCUT2D eigenvalue weighted by Crippen LogP contribution is -2.06. The highest BCUT2D eigenvalue weighted by Gasteiger charge is 2.29. The number of rotatable bonds is 3. The molecule has 0 radical (unpaired) electrons. The fourth-order valence-electron chi connectivity index (χ4n) is 1.43. The first-order chi connectivity index (χ1) is 6.27. The molecule has 0 aromatic heterocycles. The molecule has 0 bridgehead atoms. The van der Waals surface area contributed by atoms with Crippen molar-refractivity contribution in [3.63, 3.8) is 0 Å². The van der Waals surface area contributed by atoms with Gasteiger partial charge in [-0.05, 0) is 6.42 Å². The van der Waals surface area contributed by atoms with Gasteiger partial charge in [0.05, 0.1) is 5.92 Å². The molecule has 1 aliphatic heterocycles. The van der Waals surface area contributed by atoms with E-state index in [-0.39, 0.29) is 11.9 Å². The van der Waals surface area contributed by atoms with Crippen molar-refractivity contribution in [2.24, 2.45) is 5.92 Å². The Labute approximate surface area is 79.0 Å². The van der Waals surface area contributed by atoms with Gasteiger partial charge >= 0.3 is 5.97 Å². The fourth-order valence-corrected chi connectivity index (χ4v) is 1.43. The number of esters is 1. The van der Waals surface area contributed by atoms with E-state index in [1.54, 1.807) is 0 Å². The molecule has 0 aromatic rings. The van der Waals surface area contributed by atoms with E-state index in [1.165, 1.54) is 6.08 Å². The molecule has 0 aliphatic carbocycles. The highest BCUT2D eigenvalue weighted by Crippen LogP contribution is 2.27. The molecule has 13 heavy (non-hydrogen) atoms. The number of terminal acetylenes is 1. The van der Waals surface area contributed by atoms with E-state index in [9.17, 15) is 4.79 Å². The third-order valence-corrected chi connectivity index (χ3v) is 2.16. The number of ether oxygens (including phenoxy) is 1. The van der Waals surface area contributed by atoms with Gasteiger partial charge in [0.15, 0.2) is 0 Å². The Bertz CT molecular complexity index is 258. The van der Waals surface area contributed by atoms with E-state index < -0.39 is 0 Å². The fraction of sp³-hybridized carbons (Fsp3) is 0.545. The van der Waals surface area contributed by atoms with Gasteiger partial charge in [-0.2, -0.15) is 0 Å². The number of carbonyl (C=O) groups excluding carboxylic acids is 1. The third kappa shape index (κ3) is 2.62. The van der Waals surface area contributed by atoms with Crippen molar-refractivity contribution >= 4 is 5.97 Å². The molecule has 0 amide bonds. The van der Waals surface area contributed by atoms with Crippen LogP contribution >= 0.6 is 0 Å². The van der Waals surface area contributed by atoms with E-state index in [4.69, 9.17) is 11.2 Å². The van der Waals surface area contributed by atoms with Gasteiger partial charge < -0.3 is 4.74 Å². The number of unbranched alkanes of at least 4 members (excludes halogenated alkanes) is 1. The minimum atomic E-state index is -0.116. The summed E-state index contributed by atoms with van der Waals surface area (Å²) in [5.74, 6) is 2.94. The maximum absolute atomic E-state index is 11.2. The molecule has 1 atom stereocenters. The second kappa shape index (κ2) is 4.71. The average molecular weight is 178 g/mol. The third-order valence-electron chi connectivity index (χ3n) is 2.16.